The summed E-state index contributed by atoms with van der Waals surface area (Å²) in [6.45, 7) is 5.86. The monoisotopic (exact) mass is 206 g/mol. The average Bonchev–Trinajstić information content (AvgIpc) is 2.90. The molecule has 0 aromatic heterocycles. The lowest BCUT2D eigenvalue weighted by Gasteiger charge is -2.33. The van der Waals surface area contributed by atoms with Crippen molar-refractivity contribution in [2.45, 2.75) is 45.4 Å². The molecule has 2 nitrogen and oxygen atoms in total. The van der Waals surface area contributed by atoms with E-state index in [0.29, 0.717) is 5.41 Å². The minimum Gasteiger partial charge on any atom is -0.303 e. The molecule has 2 saturated carbocycles. The van der Waals surface area contributed by atoms with Crippen molar-refractivity contribution in [2.24, 2.45) is 11.3 Å². The van der Waals surface area contributed by atoms with Crippen LogP contribution in [0.5, 0.6) is 0 Å². The highest BCUT2D eigenvalue weighted by Crippen LogP contribution is 2.49. The largest absolute Gasteiger partial charge is 0.303 e. The molecule has 0 radical (unpaired) electrons. The van der Waals surface area contributed by atoms with Crippen molar-refractivity contribution in [1.29, 1.82) is 5.26 Å². The van der Waals surface area contributed by atoms with Gasteiger partial charge in [0.05, 0.1) is 6.07 Å². The Balaban J connectivity index is 1.77. The van der Waals surface area contributed by atoms with Crippen molar-refractivity contribution in [1.82, 2.24) is 4.90 Å². The molecule has 0 aliphatic heterocycles. The van der Waals surface area contributed by atoms with Gasteiger partial charge in [-0.15, -0.1) is 0 Å². The van der Waals surface area contributed by atoms with Crippen molar-refractivity contribution in [3.05, 3.63) is 0 Å². The van der Waals surface area contributed by atoms with E-state index in [0.717, 1.165) is 18.9 Å². The number of nitriles is 1. The van der Waals surface area contributed by atoms with Gasteiger partial charge in [-0.2, -0.15) is 5.26 Å². The van der Waals surface area contributed by atoms with Gasteiger partial charge in [0.2, 0.25) is 0 Å². The molecule has 0 amide bonds. The second-order valence-electron chi connectivity index (χ2n) is 5.46. The summed E-state index contributed by atoms with van der Waals surface area (Å²) in [5.41, 5.74) is 0.397. The summed E-state index contributed by atoms with van der Waals surface area (Å²) in [6.07, 6.45) is 7.63. The van der Waals surface area contributed by atoms with Gasteiger partial charge in [0.25, 0.3) is 0 Å². The van der Waals surface area contributed by atoms with Gasteiger partial charge >= 0.3 is 0 Å². The second-order valence-corrected chi connectivity index (χ2v) is 5.46. The number of rotatable bonds is 6. The molecule has 0 aromatic rings. The first-order valence-corrected chi connectivity index (χ1v) is 6.37. The Morgan fingerprint density at radius 1 is 1.40 bits per heavy atom. The molecule has 0 bridgehead atoms. The predicted molar refractivity (Wildman–Crippen MR) is 61.4 cm³/mol. The van der Waals surface area contributed by atoms with Crippen LogP contribution in [0.2, 0.25) is 0 Å². The summed E-state index contributed by atoms with van der Waals surface area (Å²) in [5, 5.41) is 8.80. The van der Waals surface area contributed by atoms with Crippen LogP contribution in [0, 0.1) is 22.7 Å². The third kappa shape index (κ3) is 2.72. The van der Waals surface area contributed by atoms with Gasteiger partial charge in [-0.3, -0.25) is 0 Å². The van der Waals surface area contributed by atoms with Crippen LogP contribution in [0.15, 0.2) is 0 Å². The Hall–Kier alpha value is -0.550. The van der Waals surface area contributed by atoms with E-state index in [1.165, 1.54) is 45.2 Å². The zero-order valence-electron chi connectivity index (χ0n) is 9.84. The minimum absolute atomic E-state index is 0.397. The van der Waals surface area contributed by atoms with E-state index < -0.39 is 0 Å². The van der Waals surface area contributed by atoms with Crippen molar-refractivity contribution >= 4 is 0 Å². The highest BCUT2D eigenvalue weighted by atomic mass is 15.1. The van der Waals surface area contributed by atoms with Crippen molar-refractivity contribution in [3.8, 4) is 6.07 Å². The van der Waals surface area contributed by atoms with Crippen LogP contribution in [-0.2, 0) is 0 Å². The SMILES string of the molecule is CCN(CC1CCC1)CC1(CC#N)CC1. The number of hydrogen-bond acceptors (Lipinski definition) is 2. The maximum atomic E-state index is 8.80. The van der Waals surface area contributed by atoms with Gasteiger partial charge < -0.3 is 4.90 Å². The molecule has 15 heavy (non-hydrogen) atoms. The molecule has 2 rings (SSSR count). The fourth-order valence-corrected chi connectivity index (χ4v) is 2.56. The van der Waals surface area contributed by atoms with Crippen LogP contribution in [-0.4, -0.2) is 24.5 Å². The van der Waals surface area contributed by atoms with Gasteiger partial charge in [0.15, 0.2) is 0 Å². The Bertz CT molecular complexity index is 246. The van der Waals surface area contributed by atoms with Crippen molar-refractivity contribution in [3.63, 3.8) is 0 Å². The zero-order valence-corrected chi connectivity index (χ0v) is 9.84. The van der Waals surface area contributed by atoms with E-state index in [2.05, 4.69) is 17.9 Å². The maximum absolute atomic E-state index is 8.80. The fraction of sp³-hybridized carbons (Fsp3) is 0.923. The van der Waals surface area contributed by atoms with Crippen LogP contribution < -0.4 is 0 Å². The lowest BCUT2D eigenvalue weighted by Crippen LogP contribution is -2.36. The molecule has 0 heterocycles. The molecular weight excluding hydrogens is 184 g/mol. The van der Waals surface area contributed by atoms with Gasteiger partial charge in [-0.05, 0) is 43.6 Å². The average molecular weight is 206 g/mol. The van der Waals surface area contributed by atoms with Crippen LogP contribution in [0.3, 0.4) is 0 Å². The van der Waals surface area contributed by atoms with Gasteiger partial charge in [-0.25, -0.2) is 0 Å². The van der Waals surface area contributed by atoms with Crippen molar-refractivity contribution < 1.29 is 0 Å². The lowest BCUT2D eigenvalue weighted by molar-refractivity contribution is 0.158. The lowest BCUT2D eigenvalue weighted by atomic mass is 9.85. The Kier molecular flexibility index (Phi) is 3.31. The molecule has 0 unspecified atom stereocenters. The van der Waals surface area contributed by atoms with Crippen LogP contribution in [0.1, 0.15) is 45.4 Å². The van der Waals surface area contributed by atoms with E-state index in [1.807, 2.05) is 0 Å². The number of nitrogens with zero attached hydrogens (tertiary/aromatic N) is 2. The van der Waals surface area contributed by atoms with Crippen LogP contribution in [0.4, 0.5) is 0 Å². The summed E-state index contributed by atoms with van der Waals surface area (Å²) in [7, 11) is 0. The van der Waals surface area contributed by atoms with Crippen LogP contribution >= 0.6 is 0 Å². The zero-order chi connectivity index (χ0) is 10.7. The minimum atomic E-state index is 0.397. The molecule has 0 atom stereocenters. The standard InChI is InChI=1S/C13H22N2/c1-2-15(10-12-4-3-5-12)11-13(6-7-13)8-9-14/h12H,2-8,10-11H2,1H3. The maximum Gasteiger partial charge on any atom is 0.0628 e. The van der Waals surface area contributed by atoms with E-state index >= 15 is 0 Å². The topological polar surface area (TPSA) is 27.0 Å². The molecule has 2 fully saturated rings. The van der Waals surface area contributed by atoms with E-state index in [9.17, 15) is 0 Å². The highest BCUT2D eigenvalue weighted by molar-refractivity contribution is 5.01. The summed E-state index contributed by atoms with van der Waals surface area (Å²) in [6, 6.07) is 2.35. The molecular formula is C13H22N2. The van der Waals surface area contributed by atoms with E-state index in [-0.39, 0.29) is 0 Å². The Morgan fingerprint density at radius 3 is 2.53 bits per heavy atom. The molecule has 0 spiro atoms. The molecule has 84 valence electrons. The first kappa shape index (κ1) is 11.0. The van der Waals surface area contributed by atoms with Gasteiger partial charge in [-0.1, -0.05) is 13.3 Å². The molecule has 0 saturated heterocycles. The third-order valence-electron chi connectivity index (χ3n) is 4.16. The Labute approximate surface area is 93.3 Å². The summed E-state index contributed by atoms with van der Waals surface area (Å²) in [4.78, 5) is 2.58. The quantitative estimate of drug-likeness (QED) is 0.668. The van der Waals surface area contributed by atoms with E-state index in [1.54, 1.807) is 0 Å². The Morgan fingerprint density at radius 2 is 2.13 bits per heavy atom. The summed E-state index contributed by atoms with van der Waals surface area (Å²) >= 11 is 0. The highest BCUT2D eigenvalue weighted by Gasteiger charge is 2.43. The van der Waals surface area contributed by atoms with Gasteiger partial charge in [0.1, 0.15) is 0 Å². The smallest absolute Gasteiger partial charge is 0.0628 e. The third-order valence-corrected chi connectivity index (χ3v) is 4.16. The van der Waals surface area contributed by atoms with Gasteiger partial charge in [0, 0.05) is 19.5 Å². The second kappa shape index (κ2) is 4.53. The first-order chi connectivity index (χ1) is 7.28. The normalized spacial score (nSPS) is 23.5. The molecule has 0 N–H and O–H groups in total. The van der Waals surface area contributed by atoms with Crippen LogP contribution in [0.25, 0.3) is 0 Å². The predicted octanol–water partition coefficient (Wildman–Crippen LogP) is 2.80. The first-order valence-electron chi connectivity index (χ1n) is 6.37. The van der Waals surface area contributed by atoms with Crippen molar-refractivity contribution in [2.75, 3.05) is 19.6 Å². The van der Waals surface area contributed by atoms with E-state index in [4.69, 9.17) is 5.26 Å². The molecule has 2 aliphatic rings. The summed E-state index contributed by atoms with van der Waals surface area (Å²) in [5.74, 6) is 0.961. The molecule has 0 aromatic carbocycles. The summed E-state index contributed by atoms with van der Waals surface area (Å²) < 4.78 is 0. The fourth-order valence-electron chi connectivity index (χ4n) is 2.56. The molecule has 2 heteroatoms. The number of hydrogen-bond donors (Lipinski definition) is 0. The molecule has 2 aliphatic carbocycles.